The number of rotatable bonds is 5. The summed E-state index contributed by atoms with van der Waals surface area (Å²) in [5, 5.41) is 15.9. The molecule has 1 unspecified atom stereocenters. The van der Waals surface area contributed by atoms with Gasteiger partial charge in [-0.3, -0.25) is 4.79 Å². The van der Waals surface area contributed by atoms with Gasteiger partial charge in [-0.15, -0.1) is 0 Å². The molecule has 6 rings (SSSR count). The molecule has 2 N–H and O–H groups in total. The fraction of sp³-hybridized carbons (Fsp3) is 0.214. The van der Waals surface area contributed by atoms with Crippen molar-refractivity contribution in [3.8, 4) is 11.4 Å². The Labute approximate surface area is 223 Å². The van der Waals surface area contributed by atoms with Crippen molar-refractivity contribution in [3.05, 3.63) is 92.8 Å². The van der Waals surface area contributed by atoms with Gasteiger partial charge in [0.05, 0.1) is 40.1 Å². The van der Waals surface area contributed by atoms with Crippen LogP contribution in [0, 0.1) is 6.92 Å². The number of aliphatic hydroxyl groups is 1. The second-order valence-corrected chi connectivity index (χ2v) is 11.3. The van der Waals surface area contributed by atoms with Crippen LogP contribution in [0.3, 0.4) is 0 Å². The zero-order valence-electron chi connectivity index (χ0n) is 21.1. The van der Waals surface area contributed by atoms with E-state index < -0.39 is 21.6 Å². The number of hydrazone groups is 1. The Bertz CT molecular complexity index is 1880. The van der Waals surface area contributed by atoms with Crippen molar-refractivity contribution in [2.45, 2.75) is 43.9 Å². The van der Waals surface area contributed by atoms with Gasteiger partial charge < -0.3 is 14.4 Å². The van der Waals surface area contributed by atoms with Gasteiger partial charge in [0, 0.05) is 22.1 Å². The Morgan fingerprint density at radius 3 is 2.64 bits per heavy atom. The highest BCUT2D eigenvalue weighted by Crippen LogP contribution is 2.39. The largest absolute Gasteiger partial charge is 0.458 e. The summed E-state index contributed by atoms with van der Waals surface area (Å²) in [6.07, 6.45) is 1.46. The molecular weight excluding hydrogens is 520 g/mol. The highest BCUT2D eigenvalue weighted by atomic mass is 32.2. The molecule has 11 heteroatoms. The second-order valence-electron chi connectivity index (χ2n) is 9.64. The van der Waals surface area contributed by atoms with Crippen LogP contribution in [-0.4, -0.2) is 35.3 Å². The van der Waals surface area contributed by atoms with Crippen LogP contribution >= 0.6 is 0 Å². The van der Waals surface area contributed by atoms with Crippen molar-refractivity contribution in [2.24, 2.45) is 5.10 Å². The molecule has 0 amide bonds. The molecule has 39 heavy (non-hydrogen) atoms. The molecule has 2 aromatic carbocycles. The van der Waals surface area contributed by atoms with Gasteiger partial charge >= 0.3 is 5.97 Å². The first-order chi connectivity index (χ1) is 18.6. The molecule has 10 nitrogen and oxygen atoms in total. The lowest BCUT2D eigenvalue weighted by molar-refractivity contribution is -0.172. The number of esters is 1. The summed E-state index contributed by atoms with van der Waals surface area (Å²) in [4.78, 5) is 33.1. The number of aryl methyl sites for hydroxylation is 1. The minimum atomic E-state index is -3.90. The predicted octanol–water partition coefficient (Wildman–Crippen LogP) is 2.70. The number of nitrogens with one attached hydrogen (secondary N) is 1. The Kier molecular flexibility index (Phi) is 5.67. The number of cyclic esters (lactones) is 1. The molecular formula is C28H24N4O6S. The first kappa shape index (κ1) is 25.0. The minimum Gasteiger partial charge on any atom is -0.458 e. The van der Waals surface area contributed by atoms with E-state index in [-0.39, 0.29) is 41.2 Å². The Balaban J connectivity index is 1.48. The van der Waals surface area contributed by atoms with Crippen LogP contribution in [0.1, 0.15) is 41.2 Å². The van der Waals surface area contributed by atoms with E-state index in [4.69, 9.17) is 9.72 Å². The van der Waals surface area contributed by atoms with Crippen molar-refractivity contribution in [3.63, 3.8) is 0 Å². The van der Waals surface area contributed by atoms with E-state index in [9.17, 15) is 23.1 Å². The van der Waals surface area contributed by atoms with Gasteiger partial charge in [-0.1, -0.05) is 42.8 Å². The Morgan fingerprint density at radius 1 is 1.15 bits per heavy atom. The molecule has 0 spiro atoms. The van der Waals surface area contributed by atoms with Crippen LogP contribution in [0.2, 0.25) is 0 Å². The molecule has 2 aliphatic heterocycles. The number of hydrogen-bond acceptors (Lipinski definition) is 8. The SMILES string of the molecule is CCC1(O)C(=O)OCc2c1cc1n(c2=O)Cc2c-1nc1ccccc1c2C=NNS(=O)(=O)c1ccc(C)cc1. The van der Waals surface area contributed by atoms with Crippen LogP contribution in [0.5, 0.6) is 0 Å². The van der Waals surface area contributed by atoms with E-state index in [1.165, 1.54) is 22.9 Å². The minimum absolute atomic E-state index is 0.0404. The van der Waals surface area contributed by atoms with Gasteiger partial charge in [0.1, 0.15) is 6.61 Å². The maximum Gasteiger partial charge on any atom is 0.343 e. The van der Waals surface area contributed by atoms with Gasteiger partial charge in [-0.05, 0) is 37.6 Å². The van der Waals surface area contributed by atoms with Gasteiger partial charge in [0.25, 0.3) is 15.6 Å². The summed E-state index contributed by atoms with van der Waals surface area (Å²) in [5.74, 6) is -0.791. The van der Waals surface area contributed by atoms with E-state index in [2.05, 4.69) is 9.93 Å². The Morgan fingerprint density at radius 2 is 1.90 bits per heavy atom. The average molecular weight is 545 g/mol. The normalized spacial score (nSPS) is 18.1. The maximum absolute atomic E-state index is 13.5. The second kappa shape index (κ2) is 8.85. The van der Waals surface area contributed by atoms with E-state index in [1.54, 1.807) is 25.1 Å². The lowest BCUT2D eigenvalue weighted by atomic mass is 9.86. The lowest BCUT2D eigenvalue weighted by Gasteiger charge is -2.31. The first-order valence-corrected chi connectivity index (χ1v) is 13.8. The summed E-state index contributed by atoms with van der Waals surface area (Å²) >= 11 is 0. The van der Waals surface area contributed by atoms with Crippen LogP contribution in [0.4, 0.5) is 0 Å². The molecule has 2 aromatic heterocycles. The van der Waals surface area contributed by atoms with E-state index in [0.29, 0.717) is 28.0 Å². The topological polar surface area (TPSA) is 140 Å². The van der Waals surface area contributed by atoms with Crippen LogP contribution in [-0.2, 0) is 38.3 Å². The molecule has 0 radical (unpaired) electrons. The smallest absolute Gasteiger partial charge is 0.343 e. The zero-order chi connectivity index (χ0) is 27.5. The predicted molar refractivity (Wildman–Crippen MR) is 144 cm³/mol. The third kappa shape index (κ3) is 3.84. The fourth-order valence-corrected chi connectivity index (χ4v) is 5.93. The average Bonchev–Trinajstić information content (AvgIpc) is 3.29. The molecule has 1 atom stereocenters. The number of sulfonamides is 1. The molecule has 4 heterocycles. The summed E-state index contributed by atoms with van der Waals surface area (Å²) < 4.78 is 32.2. The first-order valence-electron chi connectivity index (χ1n) is 12.3. The zero-order valence-corrected chi connectivity index (χ0v) is 21.9. The highest BCUT2D eigenvalue weighted by molar-refractivity contribution is 7.89. The monoisotopic (exact) mass is 544 g/mol. The number of pyridine rings is 2. The molecule has 198 valence electrons. The number of hydrogen-bond donors (Lipinski definition) is 2. The standard InChI is InChI=1S/C28H24N4O6S/c1-3-28(35)22-12-24-25-20(14-32(24)26(33)21(22)15-38-27(28)34)19(18-6-4-5-7-23(18)30-25)13-29-31-39(36,37)17-10-8-16(2)9-11-17/h4-13,31,35H,3,14-15H2,1-2H3. The van der Waals surface area contributed by atoms with Crippen molar-refractivity contribution >= 4 is 33.1 Å². The van der Waals surface area contributed by atoms with Crippen molar-refractivity contribution < 1.29 is 23.1 Å². The van der Waals surface area contributed by atoms with Gasteiger partial charge in [-0.25, -0.2) is 14.6 Å². The summed E-state index contributed by atoms with van der Waals surface area (Å²) in [7, 11) is -3.90. The van der Waals surface area contributed by atoms with Crippen LogP contribution < -0.4 is 10.4 Å². The van der Waals surface area contributed by atoms with E-state index in [0.717, 1.165) is 10.9 Å². The molecule has 0 fully saturated rings. The third-order valence-corrected chi connectivity index (χ3v) is 8.58. The number of nitrogens with zero attached hydrogens (tertiary/aromatic N) is 3. The maximum atomic E-state index is 13.5. The number of aromatic nitrogens is 2. The third-order valence-electron chi connectivity index (χ3n) is 7.34. The van der Waals surface area contributed by atoms with E-state index in [1.807, 2.05) is 31.2 Å². The van der Waals surface area contributed by atoms with Crippen molar-refractivity contribution in [1.82, 2.24) is 14.4 Å². The molecule has 4 aromatic rings. The highest BCUT2D eigenvalue weighted by Gasteiger charge is 2.45. The van der Waals surface area contributed by atoms with Crippen LogP contribution in [0.15, 0.2) is 69.4 Å². The number of ether oxygens (including phenoxy) is 1. The molecule has 0 saturated heterocycles. The summed E-state index contributed by atoms with van der Waals surface area (Å²) in [6.45, 7) is 3.44. The number of benzene rings is 2. The molecule has 0 aliphatic carbocycles. The quantitative estimate of drug-likeness (QED) is 0.197. The Hall–Kier alpha value is -4.35. The molecule has 2 aliphatic rings. The van der Waals surface area contributed by atoms with Gasteiger partial charge in [0.15, 0.2) is 5.60 Å². The molecule has 0 bridgehead atoms. The van der Waals surface area contributed by atoms with Crippen molar-refractivity contribution in [1.29, 1.82) is 0 Å². The summed E-state index contributed by atoms with van der Waals surface area (Å²) in [6, 6.07) is 15.4. The van der Waals surface area contributed by atoms with Gasteiger partial charge in [-0.2, -0.15) is 13.5 Å². The number of carbonyl (C=O) groups excluding carboxylic acids is 1. The number of fused-ring (bicyclic) bond motifs is 5. The van der Waals surface area contributed by atoms with Gasteiger partial charge in [0.2, 0.25) is 0 Å². The number of carbonyl (C=O) groups is 1. The lowest BCUT2D eigenvalue weighted by Crippen LogP contribution is -2.44. The van der Waals surface area contributed by atoms with Crippen LogP contribution in [0.25, 0.3) is 22.3 Å². The summed E-state index contributed by atoms with van der Waals surface area (Å²) in [5.41, 5.74) is 1.89. The number of para-hydroxylation sites is 1. The van der Waals surface area contributed by atoms with Crippen molar-refractivity contribution in [2.75, 3.05) is 0 Å². The molecule has 0 saturated carbocycles. The van der Waals surface area contributed by atoms with E-state index >= 15 is 0 Å². The fourth-order valence-electron chi connectivity index (χ4n) is 5.14.